The number of nitrogens with zero attached hydrogens (tertiary/aromatic N) is 3. The molecule has 0 fully saturated rings. The summed E-state index contributed by atoms with van der Waals surface area (Å²) in [6.07, 6.45) is 1.26. The van der Waals surface area contributed by atoms with Gasteiger partial charge in [0, 0.05) is 5.69 Å². The van der Waals surface area contributed by atoms with Crippen molar-refractivity contribution in [3.05, 3.63) is 53.1 Å². The first-order valence-corrected chi connectivity index (χ1v) is 8.05. The van der Waals surface area contributed by atoms with E-state index in [2.05, 4.69) is 9.97 Å². The number of hydrogen-bond acceptors (Lipinski definition) is 4. The summed E-state index contributed by atoms with van der Waals surface area (Å²) in [5, 5.41) is 0.818. The van der Waals surface area contributed by atoms with Gasteiger partial charge in [0.2, 0.25) is 0 Å². The van der Waals surface area contributed by atoms with E-state index in [0.29, 0.717) is 16.7 Å². The lowest BCUT2D eigenvalue weighted by atomic mass is 10.2. The van der Waals surface area contributed by atoms with Crippen molar-refractivity contribution in [1.29, 1.82) is 0 Å². The number of benzene rings is 1. The van der Waals surface area contributed by atoms with Crippen molar-refractivity contribution < 1.29 is 8.42 Å². The average Bonchev–Trinajstić information content (AvgIpc) is 2.73. The standard InChI is InChI=1S/C14H12ClN3O2S/c1-9-10(2)18(14-12(9)13(15)16-8-17-14)21(19,20)11-6-4-3-5-7-11/h3-8H,1-2H3. The summed E-state index contributed by atoms with van der Waals surface area (Å²) in [6, 6.07) is 8.24. The highest BCUT2D eigenvalue weighted by atomic mass is 35.5. The van der Waals surface area contributed by atoms with E-state index in [9.17, 15) is 8.42 Å². The van der Waals surface area contributed by atoms with Crippen LogP contribution in [0.25, 0.3) is 11.0 Å². The molecule has 0 saturated carbocycles. The van der Waals surface area contributed by atoms with Crippen LogP contribution in [-0.4, -0.2) is 22.4 Å². The maximum atomic E-state index is 12.9. The first kappa shape index (κ1) is 14.0. The van der Waals surface area contributed by atoms with Gasteiger partial charge in [0.25, 0.3) is 10.0 Å². The zero-order chi connectivity index (χ0) is 15.2. The third-order valence-electron chi connectivity index (χ3n) is 3.48. The average molecular weight is 322 g/mol. The van der Waals surface area contributed by atoms with E-state index in [-0.39, 0.29) is 10.0 Å². The zero-order valence-electron chi connectivity index (χ0n) is 11.4. The molecule has 0 spiro atoms. The van der Waals surface area contributed by atoms with E-state index in [4.69, 9.17) is 11.6 Å². The number of fused-ring (bicyclic) bond motifs is 1. The van der Waals surface area contributed by atoms with Crippen molar-refractivity contribution in [1.82, 2.24) is 13.9 Å². The van der Waals surface area contributed by atoms with E-state index in [1.165, 1.54) is 10.3 Å². The summed E-state index contributed by atoms with van der Waals surface area (Å²) in [4.78, 5) is 8.24. The SMILES string of the molecule is Cc1c(C)n(S(=O)(=O)c2ccccc2)c2ncnc(Cl)c12. The molecule has 2 heterocycles. The molecule has 1 aromatic carbocycles. The first-order valence-electron chi connectivity index (χ1n) is 6.23. The van der Waals surface area contributed by atoms with Crippen molar-refractivity contribution in [2.24, 2.45) is 0 Å². The second-order valence-electron chi connectivity index (χ2n) is 4.66. The van der Waals surface area contributed by atoms with Crippen molar-refractivity contribution >= 4 is 32.7 Å². The molecular formula is C14H12ClN3O2S. The van der Waals surface area contributed by atoms with Crippen LogP contribution in [-0.2, 0) is 10.0 Å². The summed E-state index contributed by atoms with van der Waals surface area (Å²) >= 11 is 6.08. The quantitative estimate of drug-likeness (QED) is 0.681. The van der Waals surface area contributed by atoms with Gasteiger partial charge in [-0.25, -0.2) is 22.4 Å². The Morgan fingerprint density at radius 2 is 1.76 bits per heavy atom. The second kappa shape index (κ2) is 4.82. The van der Waals surface area contributed by atoms with Gasteiger partial charge in [-0.2, -0.15) is 0 Å². The van der Waals surface area contributed by atoms with Crippen LogP contribution in [0.5, 0.6) is 0 Å². The van der Waals surface area contributed by atoms with Gasteiger partial charge in [0.15, 0.2) is 5.65 Å². The van der Waals surface area contributed by atoms with E-state index < -0.39 is 10.0 Å². The van der Waals surface area contributed by atoms with Gasteiger partial charge in [-0.1, -0.05) is 29.8 Å². The Bertz CT molecular complexity index is 934. The van der Waals surface area contributed by atoms with E-state index in [1.54, 1.807) is 37.3 Å². The van der Waals surface area contributed by atoms with Gasteiger partial charge in [0.05, 0.1) is 10.3 Å². The topological polar surface area (TPSA) is 64.8 Å². The van der Waals surface area contributed by atoms with Crippen molar-refractivity contribution in [3.8, 4) is 0 Å². The molecular weight excluding hydrogens is 310 g/mol. The predicted molar refractivity (Wildman–Crippen MR) is 81.0 cm³/mol. The summed E-state index contributed by atoms with van der Waals surface area (Å²) in [5.74, 6) is 0. The van der Waals surface area contributed by atoms with Crippen LogP contribution in [0.15, 0.2) is 41.6 Å². The van der Waals surface area contributed by atoms with Crippen molar-refractivity contribution in [2.75, 3.05) is 0 Å². The third-order valence-corrected chi connectivity index (χ3v) is 5.56. The molecule has 108 valence electrons. The summed E-state index contributed by atoms with van der Waals surface area (Å²) < 4.78 is 26.9. The third kappa shape index (κ3) is 2.02. The Balaban J connectivity index is 2.42. The van der Waals surface area contributed by atoms with Crippen LogP contribution in [0.1, 0.15) is 11.3 Å². The predicted octanol–water partition coefficient (Wildman–Crippen LogP) is 2.94. The maximum absolute atomic E-state index is 12.9. The summed E-state index contributed by atoms with van der Waals surface area (Å²) in [6.45, 7) is 3.54. The molecule has 3 aromatic rings. The van der Waals surface area contributed by atoms with E-state index in [1.807, 2.05) is 6.92 Å². The van der Waals surface area contributed by atoms with Gasteiger partial charge >= 0.3 is 0 Å². The fraction of sp³-hybridized carbons (Fsp3) is 0.143. The van der Waals surface area contributed by atoms with Gasteiger partial charge < -0.3 is 0 Å². The molecule has 21 heavy (non-hydrogen) atoms. The van der Waals surface area contributed by atoms with Crippen LogP contribution < -0.4 is 0 Å². The minimum atomic E-state index is -3.72. The Morgan fingerprint density at radius 3 is 2.43 bits per heavy atom. The molecule has 0 radical (unpaired) electrons. The smallest absolute Gasteiger partial charge is 0.224 e. The highest BCUT2D eigenvalue weighted by Crippen LogP contribution is 2.31. The largest absolute Gasteiger partial charge is 0.269 e. The van der Waals surface area contributed by atoms with Crippen molar-refractivity contribution in [3.63, 3.8) is 0 Å². The lowest BCUT2D eigenvalue weighted by molar-refractivity contribution is 0.587. The number of rotatable bonds is 2. The summed E-state index contributed by atoms with van der Waals surface area (Å²) in [7, 11) is -3.72. The van der Waals surface area contributed by atoms with Crippen LogP contribution in [0.4, 0.5) is 0 Å². The highest BCUT2D eigenvalue weighted by Gasteiger charge is 2.25. The molecule has 2 aromatic heterocycles. The molecule has 0 atom stereocenters. The molecule has 3 rings (SSSR count). The lowest BCUT2D eigenvalue weighted by Gasteiger charge is -2.09. The lowest BCUT2D eigenvalue weighted by Crippen LogP contribution is -2.15. The van der Waals surface area contributed by atoms with Gasteiger partial charge in [0.1, 0.15) is 11.5 Å². The Hall–Kier alpha value is -1.92. The normalized spacial score (nSPS) is 12.0. The van der Waals surface area contributed by atoms with Crippen LogP contribution in [0.2, 0.25) is 5.15 Å². The first-order chi connectivity index (χ1) is 9.94. The number of aromatic nitrogens is 3. The molecule has 7 heteroatoms. The molecule has 0 saturated heterocycles. The molecule has 0 N–H and O–H groups in total. The minimum Gasteiger partial charge on any atom is -0.224 e. The van der Waals surface area contributed by atoms with Crippen LogP contribution in [0.3, 0.4) is 0 Å². The molecule has 0 amide bonds. The second-order valence-corrected chi connectivity index (χ2v) is 6.80. The number of halogens is 1. The number of hydrogen-bond donors (Lipinski definition) is 0. The molecule has 0 aliphatic carbocycles. The van der Waals surface area contributed by atoms with Crippen molar-refractivity contribution in [2.45, 2.75) is 18.7 Å². The van der Waals surface area contributed by atoms with E-state index in [0.717, 1.165) is 5.56 Å². The van der Waals surface area contributed by atoms with Crippen LogP contribution in [0, 0.1) is 13.8 Å². The molecule has 0 aliphatic heterocycles. The molecule has 0 bridgehead atoms. The molecule has 0 aliphatic rings. The summed E-state index contributed by atoms with van der Waals surface area (Å²) in [5.41, 5.74) is 1.64. The van der Waals surface area contributed by atoms with Gasteiger partial charge in [-0.05, 0) is 31.5 Å². The van der Waals surface area contributed by atoms with Gasteiger partial charge in [-0.3, -0.25) is 0 Å². The van der Waals surface area contributed by atoms with E-state index >= 15 is 0 Å². The highest BCUT2D eigenvalue weighted by molar-refractivity contribution is 7.90. The Labute approximate surface area is 127 Å². The number of aryl methyl sites for hydroxylation is 1. The fourth-order valence-electron chi connectivity index (χ4n) is 2.32. The molecule has 5 nitrogen and oxygen atoms in total. The fourth-order valence-corrected chi connectivity index (χ4v) is 4.16. The monoisotopic (exact) mass is 321 g/mol. The Morgan fingerprint density at radius 1 is 1.10 bits per heavy atom. The van der Waals surface area contributed by atoms with Gasteiger partial charge in [-0.15, -0.1) is 0 Å². The zero-order valence-corrected chi connectivity index (χ0v) is 13.0. The van der Waals surface area contributed by atoms with Crippen LogP contribution >= 0.6 is 11.6 Å². The maximum Gasteiger partial charge on any atom is 0.269 e. The molecule has 0 unspecified atom stereocenters. The minimum absolute atomic E-state index is 0.208. The Kier molecular flexibility index (Phi) is 3.22.